The number of fused-ring (bicyclic) bond motifs is 1. The Labute approximate surface area is 106 Å². The van der Waals surface area contributed by atoms with E-state index in [1.54, 1.807) is 12.3 Å². The van der Waals surface area contributed by atoms with Gasteiger partial charge in [0.1, 0.15) is 0 Å². The Morgan fingerprint density at radius 1 is 1.28 bits per heavy atom. The largest absolute Gasteiger partial charge is 0.338 e. The summed E-state index contributed by atoms with van der Waals surface area (Å²) in [5.41, 5.74) is 1.60. The molecule has 90 valence electrons. The predicted molar refractivity (Wildman–Crippen MR) is 66.4 cm³/mol. The summed E-state index contributed by atoms with van der Waals surface area (Å²) in [5, 5.41) is 10.5. The second-order valence-electron chi connectivity index (χ2n) is 3.63. The molecule has 2 heterocycles. The number of hydrogen-bond acceptors (Lipinski definition) is 4. The van der Waals surface area contributed by atoms with Crippen LogP contribution < -0.4 is 5.32 Å². The molecule has 0 bridgehead atoms. The number of aromatic amines is 1. The van der Waals surface area contributed by atoms with Gasteiger partial charge in [-0.05, 0) is 29.8 Å². The first-order valence-corrected chi connectivity index (χ1v) is 5.48. The number of H-pyrrole nitrogens is 1. The smallest absolute Gasteiger partial charge is 0.224 e. The molecule has 0 fully saturated rings. The molecule has 2 aromatic heterocycles. The minimum absolute atomic E-state index is 0.0108. The summed E-state index contributed by atoms with van der Waals surface area (Å²) in [7, 11) is 0. The number of benzene rings is 1. The van der Waals surface area contributed by atoms with E-state index in [1.165, 1.54) is 0 Å². The molecule has 2 N–H and O–H groups in total. The van der Waals surface area contributed by atoms with E-state index in [9.17, 15) is 4.39 Å². The van der Waals surface area contributed by atoms with Gasteiger partial charge in [0.2, 0.25) is 5.28 Å². The van der Waals surface area contributed by atoms with Crippen LogP contribution >= 0.6 is 11.6 Å². The van der Waals surface area contributed by atoms with Gasteiger partial charge in [-0.2, -0.15) is 10.1 Å². The summed E-state index contributed by atoms with van der Waals surface area (Å²) in [6.45, 7) is 0. The van der Waals surface area contributed by atoms with E-state index >= 15 is 0 Å². The van der Waals surface area contributed by atoms with Gasteiger partial charge in [0.05, 0.1) is 17.9 Å². The highest BCUT2D eigenvalue weighted by Gasteiger charge is 2.06. The Hall–Kier alpha value is -2.21. The minimum Gasteiger partial charge on any atom is -0.338 e. The van der Waals surface area contributed by atoms with Gasteiger partial charge in [0.15, 0.2) is 11.6 Å². The zero-order valence-corrected chi connectivity index (χ0v) is 9.74. The third-order valence-corrected chi connectivity index (χ3v) is 2.60. The molecule has 0 saturated carbocycles. The standard InChI is InChI=1S/C11H7ClFN5/c12-11-14-5-8(13)10(17-11)16-7-1-2-9-6(3-7)4-15-18-9/h1-5H,(H,15,18)(H,14,16,17). The molecule has 3 aromatic rings. The number of rotatable bonds is 2. The molecular weight excluding hydrogens is 257 g/mol. The predicted octanol–water partition coefficient (Wildman–Crippen LogP) is 2.89. The number of hydrogen-bond donors (Lipinski definition) is 2. The molecule has 3 rings (SSSR count). The molecule has 0 atom stereocenters. The van der Waals surface area contributed by atoms with Gasteiger partial charge in [-0.1, -0.05) is 0 Å². The fraction of sp³-hybridized carbons (Fsp3) is 0. The van der Waals surface area contributed by atoms with E-state index < -0.39 is 5.82 Å². The van der Waals surface area contributed by atoms with Crippen molar-refractivity contribution in [3.63, 3.8) is 0 Å². The van der Waals surface area contributed by atoms with Crippen molar-refractivity contribution in [2.75, 3.05) is 5.32 Å². The second kappa shape index (κ2) is 4.23. The topological polar surface area (TPSA) is 66.5 Å². The Balaban J connectivity index is 1.97. The molecule has 0 unspecified atom stereocenters. The number of nitrogens with zero attached hydrogens (tertiary/aromatic N) is 3. The number of nitrogens with one attached hydrogen (secondary N) is 2. The first kappa shape index (κ1) is 10.9. The summed E-state index contributed by atoms with van der Waals surface area (Å²) in [4.78, 5) is 7.33. The third kappa shape index (κ3) is 1.98. The van der Waals surface area contributed by atoms with Gasteiger partial charge >= 0.3 is 0 Å². The van der Waals surface area contributed by atoms with Crippen LogP contribution in [0.15, 0.2) is 30.6 Å². The molecule has 0 saturated heterocycles. The first-order chi connectivity index (χ1) is 8.72. The van der Waals surface area contributed by atoms with Crippen LogP contribution in [0.4, 0.5) is 15.9 Å². The van der Waals surface area contributed by atoms with Crippen molar-refractivity contribution in [2.24, 2.45) is 0 Å². The van der Waals surface area contributed by atoms with Crippen LogP contribution in [0.25, 0.3) is 10.9 Å². The first-order valence-electron chi connectivity index (χ1n) is 5.10. The molecule has 0 amide bonds. The van der Waals surface area contributed by atoms with Crippen LogP contribution in [0.3, 0.4) is 0 Å². The molecule has 18 heavy (non-hydrogen) atoms. The van der Waals surface area contributed by atoms with Crippen LogP contribution in [0, 0.1) is 5.82 Å². The van der Waals surface area contributed by atoms with Crippen LogP contribution in [0.1, 0.15) is 0 Å². The van der Waals surface area contributed by atoms with Crippen molar-refractivity contribution in [3.05, 3.63) is 41.7 Å². The van der Waals surface area contributed by atoms with E-state index in [-0.39, 0.29) is 11.1 Å². The van der Waals surface area contributed by atoms with Gasteiger partial charge in [-0.25, -0.2) is 9.37 Å². The summed E-state index contributed by atoms with van der Waals surface area (Å²) >= 11 is 5.62. The van der Waals surface area contributed by atoms with Gasteiger partial charge in [0.25, 0.3) is 0 Å². The summed E-state index contributed by atoms with van der Waals surface area (Å²) < 4.78 is 13.4. The maximum Gasteiger partial charge on any atom is 0.224 e. The lowest BCUT2D eigenvalue weighted by Gasteiger charge is -2.06. The zero-order valence-electron chi connectivity index (χ0n) is 8.98. The summed E-state index contributed by atoms with van der Waals surface area (Å²) in [5.74, 6) is -0.524. The van der Waals surface area contributed by atoms with E-state index in [0.29, 0.717) is 5.69 Å². The van der Waals surface area contributed by atoms with Crippen molar-refractivity contribution in [3.8, 4) is 0 Å². The number of aromatic nitrogens is 4. The Kier molecular flexibility index (Phi) is 2.56. The molecular formula is C11H7ClFN5. The van der Waals surface area contributed by atoms with Crippen molar-refractivity contribution in [1.82, 2.24) is 20.2 Å². The normalized spacial score (nSPS) is 10.8. The second-order valence-corrected chi connectivity index (χ2v) is 3.97. The maximum absolute atomic E-state index is 13.4. The van der Waals surface area contributed by atoms with Gasteiger partial charge in [-0.3, -0.25) is 5.10 Å². The van der Waals surface area contributed by atoms with Crippen LogP contribution in [-0.4, -0.2) is 20.2 Å². The van der Waals surface area contributed by atoms with E-state index in [2.05, 4.69) is 25.5 Å². The van der Waals surface area contributed by atoms with Gasteiger partial charge in [-0.15, -0.1) is 0 Å². The molecule has 0 aliphatic rings. The molecule has 0 aliphatic heterocycles. The summed E-state index contributed by atoms with van der Waals surface area (Å²) in [6, 6.07) is 5.45. The molecule has 0 spiro atoms. The monoisotopic (exact) mass is 263 g/mol. The summed E-state index contributed by atoms with van der Waals surface area (Å²) in [6.07, 6.45) is 2.71. The fourth-order valence-corrected chi connectivity index (χ4v) is 1.72. The molecule has 0 radical (unpaired) electrons. The SMILES string of the molecule is Fc1cnc(Cl)nc1Nc1ccc2[nH]ncc2c1. The van der Waals surface area contributed by atoms with Crippen molar-refractivity contribution < 1.29 is 4.39 Å². The van der Waals surface area contributed by atoms with Crippen molar-refractivity contribution in [2.45, 2.75) is 0 Å². The molecule has 7 heteroatoms. The van der Waals surface area contributed by atoms with Crippen molar-refractivity contribution in [1.29, 1.82) is 0 Å². The van der Waals surface area contributed by atoms with Crippen molar-refractivity contribution >= 4 is 34.0 Å². The highest BCUT2D eigenvalue weighted by molar-refractivity contribution is 6.28. The van der Waals surface area contributed by atoms with E-state index in [1.807, 2.05) is 12.1 Å². The van der Waals surface area contributed by atoms with E-state index in [0.717, 1.165) is 17.1 Å². The minimum atomic E-state index is -0.563. The zero-order chi connectivity index (χ0) is 12.5. The third-order valence-electron chi connectivity index (χ3n) is 2.42. The lowest BCUT2D eigenvalue weighted by molar-refractivity contribution is 0.619. The van der Waals surface area contributed by atoms with Crippen LogP contribution in [0.2, 0.25) is 5.28 Å². The van der Waals surface area contributed by atoms with E-state index in [4.69, 9.17) is 11.6 Å². The molecule has 0 aliphatic carbocycles. The Morgan fingerprint density at radius 2 is 2.17 bits per heavy atom. The highest BCUT2D eigenvalue weighted by Crippen LogP contribution is 2.21. The maximum atomic E-state index is 13.4. The lowest BCUT2D eigenvalue weighted by Crippen LogP contribution is -1.98. The van der Waals surface area contributed by atoms with Crippen LogP contribution in [-0.2, 0) is 0 Å². The number of halogens is 2. The van der Waals surface area contributed by atoms with Crippen LogP contribution in [0.5, 0.6) is 0 Å². The quantitative estimate of drug-likeness (QED) is 0.698. The Bertz CT molecular complexity index is 711. The highest BCUT2D eigenvalue weighted by atomic mass is 35.5. The lowest BCUT2D eigenvalue weighted by atomic mass is 10.2. The van der Waals surface area contributed by atoms with Gasteiger partial charge < -0.3 is 5.32 Å². The molecule has 5 nitrogen and oxygen atoms in total. The average molecular weight is 264 g/mol. The average Bonchev–Trinajstić information content (AvgIpc) is 2.81. The number of anilines is 2. The Morgan fingerprint density at radius 3 is 3.06 bits per heavy atom. The fourth-order valence-electron chi connectivity index (χ4n) is 1.59. The molecule has 1 aromatic carbocycles. The van der Waals surface area contributed by atoms with Gasteiger partial charge in [0, 0.05) is 11.1 Å².